The first-order valence-corrected chi connectivity index (χ1v) is 10.5. The van der Waals surface area contributed by atoms with Gasteiger partial charge in [-0.2, -0.15) is 0 Å². The molecule has 33 heavy (non-hydrogen) atoms. The quantitative estimate of drug-likeness (QED) is 0.559. The van der Waals surface area contributed by atoms with Crippen LogP contribution in [0.15, 0.2) is 54.6 Å². The van der Waals surface area contributed by atoms with E-state index in [1.54, 1.807) is 24.3 Å². The Morgan fingerprint density at radius 1 is 0.909 bits per heavy atom. The standard InChI is InChI=1S/C24H27N3O6/c1-24(2,13-12-15-8-4-3-5-9-15)19(18(33-23(26)31)14-32-22(25)30)27-20(28)16-10-6-7-11-17(16)21(27)29/h3-11,18-19H,12-14H2,1-2H3,(H2,25,30)(H2,26,31)/t18-,19?/m1/s1. The molecule has 0 spiro atoms. The highest BCUT2D eigenvalue weighted by molar-refractivity contribution is 6.21. The lowest BCUT2D eigenvalue weighted by Gasteiger charge is -2.42. The molecule has 0 saturated carbocycles. The second-order valence-electron chi connectivity index (χ2n) is 8.55. The summed E-state index contributed by atoms with van der Waals surface area (Å²) in [5.41, 5.74) is 11.2. The van der Waals surface area contributed by atoms with Crippen LogP contribution < -0.4 is 11.5 Å². The van der Waals surface area contributed by atoms with E-state index in [9.17, 15) is 19.2 Å². The summed E-state index contributed by atoms with van der Waals surface area (Å²) in [6.45, 7) is 3.24. The summed E-state index contributed by atoms with van der Waals surface area (Å²) in [5, 5.41) is 0. The van der Waals surface area contributed by atoms with Gasteiger partial charge in [0.2, 0.25) is 0 Å². The van der Waals surface area contributed by atoms with Crippen LogP contribution in [0.1, 0.15) is 46.5 Å². The largest absolute Gasteiger partial charge is 0.446 e. The Labute approximate surface area is 191 Å². The topological polar surface area (TPSA) is 142 Å². The van der Waals surface area contributed by atoms with Crippen molar-refractivity contribution in [2.75, 3.05) is 6.61 Å². The van der Waals surface area contributed by atoms with Gasteiger partial charge in [0.1, 0.15) is 6.61 Å². The molecule has 1 unspecified atom stereocenters. The Hall–Kier alpha value is -3.88. The lowest BCUT2D eigenvalue weighted by molar-refractivity contribution is -0.0341. The summed E-state index contributed by atoms with van der Waals surface area (Å²) < 4.78 is 10.2. The van der Waals surface area contributed by atoms with Gasteiger partial charge < -0.3 is 20.9 Å². The molecule has 1 aliphatic rings. The zero-order valence-corrected chi connectivity index (χ0v) is 18.5. The highest BCUT2D eigenvalue weighted by Gasteiger charge is 2.50. The molecule has 2 aromatic rings. The van der Waals surface area contributed by atoms with Crippen molar-refractivity contribution in [3.05, 3.63) is 71.3 Å². The van der Waals surface area contributed by atoms with E-state index in [2.05, 4.69) is 0 Å². The Morgan fingerprint density at radius 2 is 1.45 bits per heavy atom. The highest BCUT2D eigenvalue weighted by Crippen LogP contribution is 2.38. The number of primary amides is 2. The minimum atomic E-state index is -1.22. The predicted octanol–water partition coefficient (Wildman–Crippen LogP) is 2.87. The summed E-state index contributed by atoms with van der Waals surface area (Å²) in [5.74, 6) is -1.05. The first kappa shape index (κ1) is 23.8. The average molecular weight is 453 g/mol. The molecule has 2 atom stereocenters. The van der Waals surface area contributed by atoms with Crippen LogP contribution in [0.4, 0.5) is 9.59 Å². The number of hydrogen-bond acceptors (Lipinski definition) is 6. The molecule has 2 aromatic carbocycles. The van der Waals surface area contributed by atoms with Crippen molar-refractivity contribution in [3.8, 4) is 0 Å². The van der Waals surface area contributed by atoms with Gasteiger partial charge in [0.15, 0.2) is 6.10 Å². The van der Waals surface area contributed by atoms with Crippen molar-refractivity contribution in [1.29, 1.82) is 0 Å². The van der Waals surface area contributed by atoms with Gasteiger partial charge in [-0.05, 0) is 36.0 Å². The lowest BCUT2D eigenvalue weighted by atomic mass is 9.76. The molecule has 0 aromatic heterocycles. The number of imide groups is 1. The Bertz CT molecular complexity index is 1020. The minimum absolute atomic E-state index is 0.250. The number of aryl methyl sites for hydroxylation is 1. The molecule has 4 amide bonds. The lowest BCUT2D eigenvalue weighted by Crippen LogP contribution is -2.57. The maximum absolute atomic E-state index is 13.3. The number of rotatable bonds is 9. The summed E-state index contributed by atoms with van der Waals surface area (Å²) >= 11 is 0. The monoisotopic (exact) mass is 453 g/mol. The molecular formula is C24H27N3O6. The Kier molecular flexibility index (Phi) is 7.01. The first-order chi connectivity index (χ1) is 15.6. The zero-order chi connectivity index (χ0) is 24.2. The Balaban J connectivity index is 2.01. The van der Waals surface area contributed by atoms with Crippen LogP contribution in [0.5, 0.6) is 0 Å². The molecule has 0 bridgehead atoms. The van der Waals surface area contributed by atoms with E-state index in [0.29, 0.717) is 12.8 Å². The molecule has 174 valence electrons. The van der Waals surface area contributed by atoms with E-state index in [1.165, 1.54) is 0 Å². The average Bonchev–Trinajstić information content (AvgIpc) is 3.02. The summed E-state index contributed by atoms with van der Waals surface area (Å²) in [6, 6.07) is 15.2. The molecule has 0 aliphatic carbocycles. The van der Waals surface area contributed by atoms with Gasteiger partial charge in [0, 0.05) is 0 Å². The highest BCUT2D eigenvalue weighted by atomic mass is 16.6. The van der Waals surface area contributed by atoms with E-state index >= 15 is 0 Å². The Morgan fingerprint density at radius 3 is 1.97 bits per heavy atom. The number of amides is 4. The van der Waals surface area contributed by atoms with Gasteiger partial charge in [-0.15, -0.1) is 0 Å². The van der Waals surface area contributed by atoms with E-state index < -0.39 is 48.2 Å². The van der Waals surface area contributed by atoms with Crippen molar-refractivity contribution >= 4 is 24.0 Å². The predicted molar refractivity (Wildman–Crippen MR) is 119 cm³/mol. The van der Waals surface area contributed by atoms with Crippen molar-refractivity contribution < 1.29 is 28.7 Å². The molecular weight excluding hydrogens is 426 g/mol. The summed E-state index contributed by atoms with van der Waals surface area (Å²) in [4.78, 5) is 50.7. The maximum Gasteiger partial charge on any atom is 0.404 e. The normalized spacial score (nSPS) is 15.0. The number of carbonyl (C=O) groups excluding carboxylic acids is 4. The number of carbonyl (C=O) groups is 4. The fourth-order valence-corrected chi connectivity index (χ4v) is 4.24. The third-order valence-corrected chi connectivity index (χ3v) is 5.81. The van der Waals surface area contributed by atoms with Gasteiger partial charge in [-0.1, -0.05) is 56.3 Å². The van der Waals surface area contributed by atoms with Gasteiger partial charge in [0.05, 0.1) is 17.2 Å². The number of hydrogen-bond donors (Lipinski definition) is 2. The molecule has 0 saturated heterocycles. The van der Waals surface area contributed by atoms with E-state index in [0.717, 1.165) is 10.5 Å². The molecule has 0 fully saturated rings. The molecule has 0 radical (unpaired) electrons. The third kappa shape index (κ3) is 5.31. The molecule has 1 aliphatic heterocycles. The number of nitrogens with zero attached hydrogens (tertiary/aromatic N) is 1. The van der Waals surface area contributed by atoms with Crippen molar-refractivity contribution in [3.63, 3.8) is 0 Å². The SMILES string of the molecule is CC(C)(CCc1ccccc1)C([C@@H](COC(N)=O)OC(N)=O)N1C(=O)c2ccccc2C1=O. The van der Waals surface area contributed by atoms with Crippen LogP contribution in [0.3, 0.4) is 0 Å². The smallest absolute Gasteiger partial charge is 0.404 e. The fraction of sp³-hybridized carbons (Fsp3) is 0.333. The van der Waals surface area contributed by atoms with Gasteiger partial charge in [0.25, 0.3) is 11.8 Å². The molecule has 3 rings (SSSR count). The van der Waals surface area contributed by atoms with Gasteiger partial charge in [-0.3, -0.25) is 14.5 Å². The van der Waals surface area contributed by atoms with Crippen LogP contribution in [-0.2, 0) is 15.9 Å². The second kappa shape index (κ2) is 9.72. The molecule has 9 heteroatoms. The first-order valence-electron chi connectivity index (χ1n) is 10.5. The number of benzene rings is 2. The van der Waals surface area contributed by atoms with E-state index in [1.807, 2.05) is 44.2 Å². The molecule has 1 heterocycles. The minimum Gasteiger partial charge on any atom is -0.446 e. The van der Waals surface area contributed by atoms with Crippen LogP contribution in [0.2, 0.25) is 0 Å². The van der Waals surface area contributed by atoms with Crippen LogP contribution in [0.25, 0.3) is 0 Å². The van der Waals surface area contributed by atoms with E-state index in [-0.39, 0.29) is 11.1 Å². The van der Waals surface area contributed by atoms with Gasteiger partial charge in [-0.25, -0.2) is 9.59 Å². The van der Waals surface area contributed by atoms with Crippen molar-refractivity contribution in [2.24, 2.45) is 16.9 Å². The van der Waals surface area contributed by atoms with Gasteiger partial charge >= 0.3 is 12.2 Å². The van der Waals surface area contributed by atoms with E-state index in [4.69, 9.17) is 20.9 Å². The van der Waals surface area contributed by atoms with Crippen molar-refractivity contribution in [2.45, 2.75) is 38.8 Å². The van der Waals surface area contributed by atoms with Crippen LogP contribution in [0, 0.1) is 5.41 Å². The summed E-state index contributed by atoms with van der Waals surface area (Å²) in [6.07, 6.45) is -2.29. The van der Waals surface area contributed by atoms with Crippen LogP contribution >= 0.6 is 0 Å². The molecule has 4 N–H and O–H groups in total. The molecule has 9 nitrogen and oxygen atoms in total. The zero-order valence-electron chi connectivity index (χ0n) is 18.5. The number of nitrogens with two attached hydrogens (primary N) is 2. The number of fused-ring (bicyclic) bond motifs is 1. The van der Waals surface area contributed by atoms with Crippen molar-refractivity contribution in [1.82, 2.24) is 4.90 Å². The third-order valence-electron chi connectivity index (χ3n) is 5.81. The van der Waals surface area contributed by atoms with Crippen LogP contribution in [-0.4, -0.2) is 47.7 Å². The second-order valence-corrected chi connectivity index (χ2v) is 8.55. The number of ether oxygens (including phenoxy) is 2. The fourth-order valence-electron chi connectivity index (χ4n) is 4.24. The maximum atomic E-state index is 13.3. The summed E-state index contributed by atoms with van der Waals surface area (Å²) in [7, 11) is 0.